The molecule has 2 bridgehead atoms. The number of aliphatic imine (C=N–C) groups is 1. The number of rotatable bonds is 6. The van der Waals surface area contributed by atoms with Crippen LogP contribution < -0.4 is 19.7 Å². The lowest BCUT2D eigenvalue weighted by Crippen LogP contribution is -2.40. The van der Waals surface area contributed by atoms with E-state index in [-0.39, 0.29) is 30.4 Å². The smallest absolute Gasteiger partial charge is 0.394 e. The second kappa shape index (κ2) is 14.7. The van der Waals surface area contributed by atoms with Crippen molar-refractivity contribution in [2.75, 3.05) is 24.6 Å². The van der Waals surface area contributed by atoms with Crippen molar-refractivity contribution in [3.05, 3.63) is 55.0 Å². The maximum absolute atomic E-state index is 13.5. The Morgan fingerprint density at radius 2 is 1.93 bits per heavy atom. The number of halogens is 3. The molecule has 1 amide bonds. The maximum atomic E-state index is 13.5. The second-order valence-electron chi connectivity index (χ2n) is 12.3. The average molecular weight is 650 g/mol. The van der Waals surface area contributed by atoms with Gasteiger partial charge < -0.3 is 15.0 Å². The first-order valence-corrected chi connectivity index (χ1v) is 16.1. The van der Waals surface area contributed by atoms with Crippen LogP contribution in [0.2, 0.25) is 0 Å². The Balaban J connectivity index is 0.00000271. The lowest BCUT2D eigenvalue weighted by atomic mass is 9.86. The molecule has 1 fully saturated rings. The van der Waals surface area contributed by atoms with Gasteiger partial charge in [-0.3, -0.25) is 9.52 Å². The van der Waals surface area contributed by atoms with Gasteiger partial charge in [0.05, 0.1) is 17.6 Å². The normalized spacial score (nSPS) is 21.9. The molecular weight excluding hydrogens is 603 g/mol. The summed E-state index contributed by atoms with van der Waals surface area (Å²) in [7, 11) is 0. The minimum atomic E-state index is -4.33. The highest BCUT2D eigenvalue weighted by Gasteiger charge is 2.47. The van der Waals surface area contributed by atoms with Crippen molar-refractivity contribution in [2.24, 2.45) is 22.2 Å². The van der Waals surface area contributed by atoms with Gasteiger partial charge in [-0.2, -0.15) is 13.2 Å². The van der Waals surface area contributed by atoms with Crippen LogP contribution in [0.15, 0.2) is 54.4 Å². The van der Waals surface area contributed by atoms with E-state index in [0.29, 0.717) is 39.9 Å². The molecule has 0 spiro atoms. The van der Waals surface area contributed by atoms with Crippen molar-refractivity contribution in [3.8, 4) is 11.7 Å². The summed E-state index contributed by atoms with van der Waals surface area (Å²) in [4.78, 5) is 25.0. The maximum Gasteiger partial charge on any atom is 0.394 e. The number of hydrogen-bond donors (Lipinski definition) is 2. The molecule has 45 heavy (non-hydrogen) atoms. The number of carbonyl (C=O) groups excluding carboxylic acids is 1. The Hall–Kier alpha value is -3.48. The molecule has 13 heteroatoms. The molecule has 0 saturated carbocycles. The number of fused-ring (bicyclic) bond motifs is 4. The molecule has 0 radical (unpaired) electrons. The topological polar surface area (TPSA) is 96.7 Å². The van der Waals surface area contributed by atoms with Crippen molar-refractivity contribution in [2.45, 2.75) is 79.4 Å². The summed E-state index contributed by atoms with van der Waals surface area (Å²) in [6, 6.07) is 4.96. The highest BCUT2D eigenvalue weighted by Crippen LogP contribution is 2.42. The predicted octanol–water partition coefficient (Wildman–Crippen LogP) is 7.32. The van der Waals surface area contributed by atoms with E-state index in [0.717, 1.165) is 51.7 Å². The van der Waals surface area contributed by atoms with Gasteiger partial charge in [-0.25, -0.2) is 14.7 Å². The van der Waals surface area contributed by atoms with Crippen molar-refractivity contribution >= 4 is 28.7 Å². The summed E-state index contributed by atoms with van der Waals surface area (Å²) in [5.41, 5.74) is -1.76. The summed E-state index contributed by atoms with van der Waals surface area (Å²) in [6.45, 7) is 21.9. The molecule has 0 aromatic carbocycles. The van der Waals surface area contributed by atoms with Crippen molar-refractivity contribution < 1.29 is 22.7 Å². The van der Waals surface area contributed by atoms with Gasteiger partial charge in [0.25, 0.3) is 5.91 Å². The van der Waals surface area contributed by atoms with Gasteiger partial charge in [0.1, 0.15) is 16.7 Å². The molecule has 2 aromatic heterocycles. The Bertz CT molecular complexity index is 1390. The number of nitrogens with one attached hydrogen (secondary N) is 2. The van der Waals surface area contributed by atoms with E-state index >= 15 is 0 Å². The van der Waals surface area contributed by atoms with Crippen LogP contribution >= 0.6 is 11.9 Å². The SMILES string of the molecule is C=C/C1=N\C(=C)NCCC(C)C2CN(c3nc(-n4ccc(OCCC(C)(C)C(F)(F)F)n4)ccc3C(=O)NS1)C(C)(C)C2.CC. The highest BCUT2D eigenvalue weighted by molar-refractivity contribution is 8.13. The van der Waals surface area contributed by atoms with Gasteiger partial charge in [-0.05, 0) is 63.2 Å². The molecule has 2 aliphatic heterocycles. The van der Waals surface area contributed by atoms with Crippen LogP contribution in [0.4, 0.5) is 19.0 Å². The summed E-state index contributed by atoms with van der Waals surface area (Å²) in [5.74, 6) is 2.08. The number of anilines is 1. The van der Waals surface area contributed by atoms with Gasteiger partial charge in [0, 0.05) is 42.8 Å². The lowest BCUT2D eigenvalue weighted by Gasteiger charge is -2.34. The Labute approximate surface area is 268 Å². The number of alkyl halides is 3. The Kier molecular flexibility index (Phi) is 11.8. The predicted molar refractivity (Wildman–Crippen MR) is 176 cm³/mol. The third-order valence-electron chi connectivity index (χ3n) is 8.22. The Morgan fingerprint density at radius 1 is 1.22 bits per heavy atom. The van der Waals surface area contributed by atoms with Gasteiger partial charge >= 0.3 is 6.18 Å². The number of carbonyl (C=O) groups is 1. The van der Waals surface area contributed by atoms with Gasteiger partial charge in [-0.15, -0.1) is 5.10 Å². The van der Waals surface area contributed by atoms with E-state index in [2.05, 4.69) is 59.0 Å². The molecule has 9 nitrogen and oxygen atoms in total. The second-order valence-corrected chi connectivity index (χ2v) is 13.2. The van der Waals surface area contributed by atoms with Crippen LogP contribution in [0, 0.1) is 17.3 Å². The molecule has 2 unspecified atom stereocenters. The fourth-order valence-corrected chi connectivity index (χ4v) is 5.73. The zero-order chi connectivity index (χ0) is 33.6. The molecule has 248 valence electrons. The van der Waals surface area contributed by atoms with Crippen LogP contribution in [-0.2, 0) is 0 Å². The molecule has 4 rings (SSSR count). The van der Waals surface area contributed by atoms with Crippen LogP contribution in [0.5, 0.6) is 5.88 Å². The summed E-state index contributed by atoms with van der Waals surface area (Å²) in [6.07, 6.45) is 0.492. The molecular formula is C32H46F3N7O2S. The minimum absolute atomic E-state index is 0.139. The zero-order valence-corrected chi connectivity index (χ0v) is 28.1. The standard InChI is InChI=1S/C30H40F3N7O2S.C2H6/c1-8-25-35-20(3)34-14-11-19(2)21-17-29(6,7)39(18-21)26-22(27(41)38-43-25)9-10-23(36-26)40-15-12-24(37-40)42-16-13-28(4,5)30(31,32)33;1-2/h8-10,12,15,19,21,34H,1,3,11,13-14,16-18H2,2,4-7H3,(H,38,41);1-2H3/b35-25+;. The molecule has 4 heterocycles. The average Bonchev–Trinajstić information content (AvgIpc) is 3.58. The van der Waals surface area contributed by atoms with E-state index in [4.69, 9.17) is 9.72 Å². The van der Waals surface area contributed by atoms with E-state index in [9.17, 15) is 18.0 Å². The van der Waals surface area contributed by atoms with Crippen LogP contribution in [0.1, 0.15) is 78.1 Å². The summed E-state index contributed by atoms with van der Waals surface area (Å²) >= 11 is 1.04. The lowest BCUT2D eigenvalue weighted by molar-refractivity contribution is -0.215. The minimum Gasteiger partial charge on any atom is -0.477 e. The molecule has 2 atom stereocenters. The van der Waals surface area contributed by atoms with E-state index in [1.807, 2.05) is 13.8 Å². The first kappa shape index (κ1) is 36.0. The van der Waals surface area contributed by atoms with E-state index in [1.54, 1.807) is 30.5 Å². The molecule has 1 saturated heterocycles. The summed E-state index contributed by atoms with van der Waals surface area (Å²) in [5, 5.41) is 8.14. The van der Waals surface area contributed by atoms with Crippen LogP contribution in [-0.4, -0.2) is 57.1 Å². The van der Waals surface area contributed by atoms with Crippen molar-refractivity contribution in [3.63, 3.8) is 0 Å². The number of ether oxygens (including phenoxy) is 1. The first-order chi connectivity index (χ1) is 21.1. The Morgan fingerprint density at radius 3 is 2.60 bits per heavy atom. The van der Waals surface area contributed by atoms with Gasteiger partial charge in [-0.1, -0.05) is 47.8 Å². The molecule has 2 aliphatic rings. The van der Waals surface area contributed by atoms with Gasteiger partial charge in [0.15, 0.2) is 5.82 Å². The largest absolute Gasteiger partial charge is 0.477 e. The van der Waals surface area contributed by atoms with E-state index in [1.165, 1.54) is 4.68 Å². The monoisotopic (exact) mass is 649 g/mol. The highest BCUT2D eigenvalue weighted by atomic mass is 32.2. The third-order valence-corrected chi connectivity index (χ3v) is 8.97. The molecule has 2 N–H and O–H groups in total. The van der Waals surface area contributed by atoms with Crippen LogP contribution in [0.25, 0.3) is 5.82 Å². The number of pyridine rings is 1. The summed E-state index contributed by atoms with van der Waals surface area (Å²) < 4.78 is 49.5. The molecule has 0 aliphatic carbocycles. The van der Waals surface area contributed by atoms with Crippen molar-refractivity contribution in [1.29, 1.82) is 0 Å². The molecule has 2 aromatic rings. The van der Waals surface area contributed by atoms with Gasteiger partial charge in [0.2, 0.25) is 5.88 Å². The number of hydrogen-bond acceptors (Lipinski definition) is 8. The number of aromatic nitrogens is 3. The van der Waals surface area contributed by atoms with E-state index < -0.39 is 11.6 Å². The fraction of sp³-hybridized carbons (Fsp3) is 0.562. The van der Waals surface area contributed by atoms with Crippen LogP contribution in [0.3, 0.4) is 0 Å². The number of amides is 1. The first-order valence-electron chi connectivity index (χ1n) is 15.3. The van der Waals surface area contributed by atoms with Crippen molar-refractivity contribution in [1.82, 2.24) is 24.8 Å². The number of nitrogens with zero attached hydrogens (tertiary/aromatic N) is 5. The zero-order valence-electron chi connectivity index (χ0n) is 27.3. The third kappa shape index (κ3) is 8.83. The quantitative estimate of drug-likeness (QED) is 0.317. The fourth-order valence-electron chi connectivity index (χ4n) is 5.18.